The third-order valence-electron chi connectivity index (χ3n) is 4.11. The zero-order valence-electron chi connectivity index (χ0n) is 14.4. The summed E-state index contributed by atoms with van der Waals surface area (Å²) in [5.74, 6) is 0.659. The first-order chi connectivity index (χ1) is 13.8. The van der Waals surface area contributed by atoms with E-state index in [2.05, 4.69) is 20.3 Å². The van der Waals surface area contributed by atoms with Crippen LogP contribution in [0.15, 0.2) is 60.5 Å². The summed E-state index contributed by atoms with van der Waals surface area (Å²) in [6.07, 6.45) is 6.99. The number of imidazole rings is 1. The molecule has 0 radical (unpaired) electrons. The lowest BCUT2D eigenvalue weighted by Gasteiger charge is -2.11. The summed E-state index contributed by atoms with van der Waals surface area (Å²) >= 11 is 2.93. The van der Waals surface area contributed by atoms with Gasteiger partial charge in [0.2, 0.25) is 0 Å². The number of hydrogen-bond donors (Lipinski definition) is 1. The van der Waals surface area contributed by atoms with Crippen LogP contribution >= 0.6 is 22.7 Å². The maximum absolute atomic E-state index is 12.7. The highest BCUT2D eigenvalue weighted by molar-refractivity contribution is 7.21. The first kappa shape index (κ1) is 16.8. The molecule has 5 aromatic heterocycles. The predicted octanol–water partition coefficient (Wildman–Crippen LogP) is 4.23. The number of ether oxygens (including phenoxy) is 1. The van der Waals surface area contributed by atoms with Gasteiger partial charge in [0, 0.05) is 30.2 Å². The number of fused-ring (bicyclic) bond motifs is 3. The molecule has 0 aliphatic carbocycles. The number of carbonyl (C=O) groups is 1. The largest absolute Gasteiger partial charge is 0.485 e. The lowest BCUT2D eigenvalue weighted by atomic mass is 10.3. The minimum Gasteiger partial charge on any atom is -0.485 e. The fraction of sp³-hybridized carbons (Fsp3) is 0.0526. The second kappa shape index (κ2) is 7.02. The van der Waals surface area contributed by atoms with E-state index in [1.807, 2.05) is 34.2 Å². The minimum atomic E-state index is -0.237. The van der Waals surface area contributed by atoms with Crippen LogP contribution in [-0.4, -0.2) is 25.3 Å². The number of thiazole rings is 1. The Balaban J connectivity index is 1.36. The molecule has 9 heteroatoms. The van der Waals surface area contributed by atoms with Crippen LogP contribution in [-0.2, 0) is 6.61 Å². The van der Waals surface area contributed by atoms with Crippen molar-refractivity contribution in [1.29, 1.82) is 0 Å². The highest BCUT2D eigenvalue weighted by Gasteiger charge is 2.17. The summed E-state index contributed by atoms with van der Waals surface area (Å²) in [5.41, 5.74) is 1.91. The maximum Gasteiger partial charge on any atom is 0.267 e. The highest BCUT2D eigenvalue weighted by Crippen LogP contribution is 2.29. The number of thiophene rings is 1. The van der Waals surface area contributed by atoms with Crippen LogP contribution < -0.4 is 10.1 Å². The van der Waals surface area contributed by atoms with Gasteiger partial charge in [-0.25, -0.2) is 9.97 Å². The second-order valence-corrected chi connectivity index (χ2v) is 7.82. The van der Waals surface area contributed by atoms with E-state index in [1.165, 1.54) is 11.3 Å². The molecular weight excluding hydrogens is 394 g/mol. The van der Waals surface area contributed by atoms with Crippen LogP contribution in [0.2, 0.25) is 0 Å². The number of hydrogen-bond acceptors (Lipinski definition) is 7. The number of nitrogens with zero attached hydrogens (tertiary/aromatic N) is 4. The van der Waals surface area contributed by atoms with Crippen LogP contribution in [0.3, 0.4) is 0 Å². The molecule has 0 aliphatic rings. The zero-order chi connectivity index (χ0) is 18.9. The molecule has 0 saturated heterocycles. The molecule has 0 fully saturated rings. The van der Waals surface area contributed by atoms with Crippen molar-refractivity contribution in [2.75, 3.05) is 5.32 Å². The third-order valence-corrected chi connectivity index (χ3v) is 5.88. The predicted molar refractivity (Wildman–Crippen MR) is 109 cm³/mol. The molecule has 0 unspecified atom stereocenters. The Kier molecular flexibility index (Phi) is 4.22. The monoisotopic (exact) mass is 407 g/mol. The van der Waals surface area contributed by atoms with E-state index in [0.717, 1.165) is 20.9 Å². The quantitative estimate of drug-likeness (QED) is 0.471. The van der Waals surface area contributed by atoms with Gasteiger partial charge in [-0.1, -0.05) is 0 Å². The lowest BCUT2D eigenvalue weighted by molar-refractivity contribution is 0.102. The molecule has 0 atom stereocenters. The van der Waals surface area contributed by atoms with Gasteiger partial charge in [-0.3, -0.25) is 14.2 Å². The molecule has 0 aliphatic heterocycles. The smallest absolute Gasteiger partial charge is 0.267 e. The van der Waals surface area contributed by atoms with Crippen LogP contribution in [0.5, 0.6) is 5.75 Å². The van der Waals surface area contributed by atoms with Crippen molar-refractivity contribution in [3.63, 3.8) is 0 Å². The van der Waals surface area contributed by atoms with Gasteiger partial charge in [-0.15, -0.1) is 22.7 Å². The summed E-state index contributed by atoms with van der Waals surface area (Å²) < 4.78 is 7.82. The molecule has 5 aromatic rings. The van der Waals surface area contributed by atoms with Crippen molar-refractivity contribution < 1.29 is 9.53 Å². The van der Waals surface area contributed by atoms with E-state index in [1.54, 1.807) is 42.1 Å². The fourth-order valence-corrected chi connectivity index (χ4v) is 4.47. The van der Waals surface area contributed by atoms with Crippen LogP contribution in [0.25, 0.3) is 15.3 Å². The van der Waals surface area contributed by atoms with E-state index in [0.29, 0.717) is 23.1 Å². The summed E-state index contributed by atoms with van der Waals surface area (Å²) in [6, 6.07) is 9.15. The molecular formula is C19H13N5O2S2. The number of amides is 1. The number of pyridine rings is 2. The maximum atomic E-state index is 12.7. The molecule has 1 N–H and O–H groups in total. The van der Waals surface area contributed by atoms with Crippen molar-refractivity contribution in [3.8, 4) is 5.75 Å². The van der Waals surface area contributed by atoms with Crippen molar-refractivity contribution in [1.82, 2.24) is 19.4 Å². The molecule has 28 heavy (non-hydrogen) atoms. The number of rotatable bonds is 5. The van der Waals surface area contributed by atoms with E-state index in [-0.39, 0.29) is 5.91 Å². The summed E-state index contributed by atoms with van der Waals surface area (Å²) in [7, 11) is 0. The standard InChI is InChI=1S/C19H13N5O2S2/c25-17(15-10-13-18(28-15)23-19-24(13)8-9-27-19)22-16-14(2-1-5-21-16)26-11-12-3-6-20-7-4-12/h1-10H,11H2,(H,21,22,25). The highest BCUT2D eigenvalue weighted by atomic mass is 32.1. The second-order valence-electron chi connectivity index (χ2n) is 5.92. The molecule has 5 heterocycles. The Bertz CT molecular complexity index is 1280. The molecule has 1 amide bonds. The first-order valence-electron chi connectivity index (χ1n) is 8.41. The average Bonchev–Trinajstić information content (AvgIpc) is 3.40. The van der Waals surface area contributed by atoms with Crippen LogP contribution in [0, 0.1) is 0 Å². The number of aromatic nitrogens is 4. The van der Waals surface area contributed by atoms with Crippen LogP contribution in [0.4, 0.5) is 5.82 Å². The third kappa shape index (κ3) is 3.10. The molecule has 7 nitrogen and oxygen atoms in total. The topological polar surface area (TPSA) is 81.4 Å². The fourth-order valence-electron chi connectivity index (χ4n) is 2.77. The van der Waals surface area contributed by atoms with Gasteiger partial charge < -0.3 is 10.1 Å². The lowest BCUT2D eigenvalue weighted by Crippen LogP contribution is -2.12. The van der Waals surface area contributed by atoms with Gasteiger partial charge >= 0.3 is 0 Å². The molecule has 0 bridgehead atoms. The van der Waals surface area contributed by atoms with Gasteiger partial charge in [0.05, 0.1) is 10.4 Å². The van der Waals surface area contributed by atoms with Crippen molar-refractivity contribution in [2.45, 2.75) is 6.61 Å². The van der Waals surface area contributed by atoms with E-state index >= 15 is 0 Å². The van der Waals surface area contributed by atoms with Gasteiger partial charge in [0.15, 0.2) is 16.5 Å². The van der Waals surface area contributed by atoms with Gasteiger partial charge in [0.25, 0.3) is 5.91 Å². The Morgan fingerprint density at radius 1 is 1.21 bits per heavy atom. The van der Waals surface area contributed by atoms with Gasteiger partial charge in [-0.05, 0) is 35.9 Å². The normalized spacial score (nSPS) is 11.1. The Labute approximate surface area is 167 Å². The summed E-state index contributed by atoms with van der Waals surface area (Å²) in [5, 5.41) is 4.82. The average molecular weight is 407 g/mol. The molecule has 5 rings (SSSR count). The van der Waals surface area contributed by atoms with E-state index in [4.69, 9.17) is 4.74 Å². The Morgan fingerprint density at radius 3 is 3.00 bits per heavy atom. The van der Waals surface area contributed by atoms with Crippen molar-refractivity contribution in [2.24, 2.45) is 0 Å². The molecule has 0 saturated carbocycles. The Hall–Kier alpha value is -3.30. The van der Waals surface area contributed by atoms with Crippen LogP contribution in [0.1, 0.15) is 15.2 Å². The minimum absolute atomic E-state index is 0.237. The van der Waals surface area contributed by atoms with E-state index < -0.39 is 0 Å². The molecule has 0 spiro atoms. The number of anilines is 1. The van der Waals surface area contributed by atoms with E-state index in [9.17, 15) is 4.79 Å². The van der Waals surface area contributed by atoms with Gasteiger partial charge in [0.1, 0.15) is 11.4 Å². The number of carbonyl (C=O) groups excluding carboxylic acids is 1. The number of nitrogens with one attached hydrogen (secondary N) is 1. The summed E-state index contributed by atoms with van der Waals surface area (Å²) in [4.78, 5) is 27.9. The molecule has 138 valence electrons. The van der Waals surface area contributed by atoms with Crippen molar-refractivity contribution in [3.05, 3.63) is 70.9 Å². The van der Waals surface area contributed by atoms with Crippen molar-refractivity contribution >= 4 is 49.7 Å². The molecule has 0 aromatic carbocycles. The van der Waals surface area contributed by atoms with Gasteiger partial charge in [-0.2, -0.15) is 0 Å². The summed E-state index contributed by atoms with van der Waals surface area (Å²) in [6.45, 7) is 0.362. The first-order valence-corrected chi connectivity index (χ1v) is 10.1. The SMILES string of the molecule is O=C(Nc1ncccc1OCc1ccncc1)c1cc2c(nc3sccn32)s1. The Morgan fingerprint density at radius 2 is 2.11 bits per heavy atom. The zero-order valence-corrected chi connectivity index (χ0v) is 16.0.